The lowest BCUT2D eigenvalue weighted by atomic mass is 10.0. The number of furan rings is 1. The van der Waals surface area contributed by atoms with Gasteiger partial charge < -0.3 is 18.7 Å². The summed E-state index contributed by atoms with van der Waals surface area (Å²) in [7, 11) is 0. The summed E-state index contributed by atoms with van der Waals surface area (Å²) < 4.78 is 11.2. The number of aromatic nitrogens is 2. The summed E-state index contributed by atoms with van der Waals surface area (Å²) in [5, 5.41) is 4.97. The molecule has 3 heterocycles. The average molecular weight is 425 g/mol. The predicted molar refractivity (Wildman–Crippen MR) is 115 cm³/mol. The Labute approximate surface area is 181 Å². The van der Waals surface area contributed by atoms with E-state index in [1.54, 1.807) is 9.80 Å². The number of carbonyl (C=O) groups is 2. The van der Waals surface area contributed by atoms with Gasteiger partial charge in [-0.1, -0.05) is 24.2 Å². The third-order valence-corrected chi connectivity index (χ3v) is 6.10. The van der Waals surface area contributed by atoms with Crippen LogP contribution in [0.3, 0.4) is 0 Å². The Bertz CT molecular complexity index is 1150. The molecule has 4 rings (SSSR count). The first-order chi connectivity index (χ1) is 14.8. The van der Waals surface area contributed by atoms with Crippen molar-refractivity contribution in [2.45, 2.75) is 60.0 Å². The molecule has 31 heavy (non-hydrogen) atoms. The van der Waals surface area contributed by atoms with Gasteiger partial charge >= 0.3 is 0 Å². The summed E-state index contributed by atoms with van der Waals surface area (Å²) in [5.41, 5.74) is 3.74. The van der Waals surface area contributed by atoms with Crippen LogP contribution in [0.5, 0.6) is 0 Å². The molecule has 1 fully saturated rings. The van der Waals surface area contributed by atoms with Gasteiger partial charge in [0.25, 0.3) is 5.91 Å². The summed E-state index contributed by atoms with van der Waals surface area (Å²) >= 11 is 0. The van der Waals surface area contributed by atoms with Crippen molar-refractivity contribution in [2.24, 2.45) is 0 Å². The van der Waals surface area contributed by atoms with E-state index in [4.69, 9.17) is 8.94 Å². The first-order valence-electron chi connectivity index (χ1n) is 10.7. The van der Waals surface area contributed by atoms with E-state index < -0.39 is 0 Å². The number of hydrogen-bond donors (Lipinski definition) is 0. The standard InChI is InChI=1S/C23H28N4O4/c1-6-19-24-18(25-31-19)12-27(16(5)28)17-9-10-26(11-17)23(29)22-15(4)20-13(2)7-8-14(3)21(20)30-22/h7-8,17H,6,9-12H2,1-5H3/t17-/m1/s1. The molecule has 3 aromatic rings. The van der Waals surface area contributed by atoms with E-state index in [1.165, 1.54) is 6.92 Å². The maximum absolute atomic E-state index is 13.3. The molecular formula is C23H28N4O4. The number of aryl methyl sites for hydroxylation is 4. The predicted octanol–water partition coefficient (Wildman–Crippen LogP) is 3.57. The zero-order valence-electron chi connectivity index (χ0n) is 18.7. The van der Waals surface area contributed by atoms with Gasteiger partial charge in [0.15, 0.2) is 11.6 Å². The van der Waals surface area contributed by atoms with E-state index in [0.29, 0.717) is 43.4 Å². The van der Waals surface area contributed by atoms with Crippen LogP contribution < -0.4 is 0 Å². The number of nitrogens with zero attached hydrogens (tertiary/aromatic N) is 4. The van der Waals surface area contributed by atoms with Crippen LogP contribution >= 0.6 is 0 Å². The van der Waals surface area contributed by atoms with Gasteiger partial charge in [0, 0.05) is 37.4 Å². The summed E-state index contributed by atoms with van der Waals surface area (Å²) in [4.78, 5) is 33.4. The highest BCUT2D eigenvalue weighted by atomic mass is 16.5. The third-order valence-electron chi connectivity index (χ3n) is 6.10. The highest BCUT2D eigenvalue weighted by molar-refractivity contribution is 6.00. The number of benzene rings is 1. The molecule has 1 atom stereocenters. The van der Waals surface area contributed by atoms with Crippen LogP contribution in [-0.2, 0) is 17.8 Å². The minimum Gasteiger partial charge on any atom is -0.450 e. The molecule has 2 amide bonds. The van der Waals surface area contributed by atoms with Crippen molar-refractivity contribution < 1.29 is 18.5 Å². The molecular weight excluding hydrogens is 396 g/mol. The van der Waals surface area contributed by atoms with E-state index in [0.717, 1.165) is 27.7 Å². The van der Waals surface area contributed by atoms with E-state index in [1.807, 2.05) is 39.8 Å². The maximum atomic E-state index is 13.3. The maximum Gasteiger partial charge on any atom is 0.289 e. The fourth-order valence-corrected chi connectivity index (χ4v) is 4.35. The molecule has 8 heteroatoms. The topological polar surface area (TPSA) is 92.7 Å². The Hall–Kier alpha value is -3.16. The Morgan fingerprint density at radius 1 is 1.23 bits per heavy atom. The highest BCUT2D eigenvalue weighted by Crippen LogP contribution is 2.32. The monoisotopic (exact) mass is 424 g/mol. The fraction of sp³-hybridized carbons (Fsp3) is 0.478. The van der Waals surface area contributed by atoms with Gasteiger partial charge in [0.2, 0.25) is 11.8 Å². The molecule has 1 aliphatic rings. The van der Waals surface area contributed by atoms with Crippen molar-refractivity contribution in [3.8, 4) is 0 Å². The molecule has 2 aromatic heterocycles. The van der Waals surface area contributed by atoms with Crippen LogP contribution in [0.4, 0.5) is 0 Å². The molecule has 1 aliphatic heterocycles. The number of rotatable bonds is 5. The van der Waals surface area contributed by atoms with Gasteiger partial charge in [-0.2, -0.15) is 4.98 Å². The lowest BCUT2D eigenvalue weighted by Gasteiger charge is -2.26. The van der Waals surface area contributed by atoms with Gasteiger partial charge in [0.1, 0.15) is 5.58 Å². The highest BCUT2D eigenvalue weighted by Gasteiger charge is 2.35. The summed E-state index contributed by atoms with van der Waals surface area (Å²) in [5.74, 6) is 1.21. The second kappa shape index (κ2) is 8.17. The van der Waals surface area contributed by atoms with E-state index in [-0.39, 0.29) is 24.4 Å². The summed E-state index contributed by atoms with van der Waals surface area (Å²) in [6.07, 6.45) is 1.34. The number of carbonyl (C=O) groups excluding carboxylic acids is 2. The largest absolute Gasteiger partial charge is 0.450 e. The van der Waals surface area contributed by atoms with Crippen LogP contribution in [0.1, 0.15) is 59.2 Å². The van der Waals surface area contributed by atoms with Crippen molar-refractivity contribution in [1.82, 2.24) is 19.9 Å². The van der Waals surface area contributed by atoms with Gasteiger partial charge in [0.05, 0.1) is 12.6 Å². The second-order valence-electron chi connectivity index (χ2n) is 8.26. The summed E-state index contributed by atoms with van der Waals surface area (Å²) in [6.45, 7) is 10.7. The zero-order chi connectivity index (χ0) is 22.3. The minimum absolute atomic E-state index is 0.0756. The zero-order valence-corrected chi connectivity index (χ0v) is 18.7. The Morgan fingerprint density at radius 2 is 1.97 bits per heavy atom. The molecule has 0 aliphatic carbocycles. The molecule has 0 bridgehead atoms. The molecule has 1 aromatic carbocycles. The second-order valence-corrected chi connectivity index (χ2v) is 8.26. The molecule has 0 N–H and O–H groups in total. The van der Waals surface area contributed by atoms with Gasteiger partial charge in [-0.3, -0.25) is 9.59 Å². The molecule has 1 saturated heterocycles. The molecule has 0 saturated carbocycles. The van der Waals surface area contributed by atoms with Crippen molar-refractivity contribution >= 4 is 22.8 Å². The lowest BCUT2D eigenvalue weighted by Crippen LogP contribution is -2.41. The quantitative estimate of drug-likeness (QED) is 0.622. The SMILES string of the molecule is CCc1nc(CN(C(C)=O)[C@@H]2CCN(C(=O)c3oc4c(C)ccc(C)c4c3C)C2)no1. The Balaban J connectivity index is 1.53. The number of amides is 2. The van der Waals surface area contributed by atoms with E-state index in [9.17, 15) is 9.59 Å². The third kappa shape index (κ3) is 3.82. The minimum atomic E-state index is -0.133. The van der Waals surface area contributed by atoms with Gasteiger partial charge in [-0.05, 0) is 38.3 Å². The molecule has 0 unspecified atom stereocenters. The van der Waals surface area contributed by atoms with Crippen LogP contribution in [0.25, 0.3) is 11.0 Å². The average Bonchev–Trinajstić information content (AvgIpc) is 3.47. The van der Waals surface area contributed by atoms with Crippen LogP contribution in [0, 0.1) is 20.8 Å². The van der Waals surface area contributed by atoms with Gasteiger partial charge in [-0.25, -0.2) is 0 Å². The van der Waals surface area contributed by atoms with Crippen LogP contribution in [0.15, 0.2) is 21.1 Å². The number of likely N-dealkylation sites (tertiary alicyclic amines) is 1. The van der Waals surface area contributed by atoms with Crippen molar-refractivity contribution in [3.05, 3.63) is 46.3 Å². The van der Waals surface area contributed by atoms with Gasteiger partial charge in [-0.15, -0.1) is 0 Å². The van der Waals surface area contributed by atoms with E-state index in [2.05, 4.69) is 10.1 Å². The summed E-state index contributed by atoms with van der Waals surface area (Å²) in [6, 6.07) is 3.96. The Morgan fingerprint density at radius 3 is 2.61 bits per heavy atom. The van der Waals surface area contributed by atoms with Crippen molar-refractivity contribution in [1.29, 1.82) is 0 Å². The fourth-order valence-electron chi connectivity index (χ4n) is 4.35. The molecule has 8 nitrogen and oxygen atoms in total. The Kier molecular flexibility index (Phi) is 5.56. The molecule has 164 valence electrons. The van der Waals surface area contributed by atoms with E-state index >= 15 is 0 Å². The molecule has 0 spiro atoms. The molecule has 0 radical (unpaired) electrons. The van der Waals surface area contributed by atoms with Crippen LogP contribution in [0.2, 0.25) is 0 Å². The number of hydrogen-bond acceptors (Lipinski definition) is 6. The lowest BCUT2D eigenvalue weighted by molar-refractivity contribution is -0.131. The van der Waals surface area contributed by atoms with Crippen molar-refractivity contribution in [2.75, 3.05) is 13.1 Å². The smallest absolute Gasteiger partial charge is 0.289 e. The number of fused-ring (bicyclic) bond motifs is 1. The first-order valence-corrected chi connectivity index (χ1v) is 10.7. The first kappa shape index (κ1) is 21.1. The van der Waals surface area contributed by atoms with Crippen LogP contribution in [-0.4, -0.2) is 50.9 Å². The van der Waals surface area contributed by atoms with Crippen molar-refractivity contribution in [3.63, 3.8) is 0 Å². The normalized spacial score (nSPS) is 16.3.